The molecular weight excluding hydrogens is 194 g/mol. The molecule has 10 heavy (non-hydrogen) atoms. The van der Waals surface area contributed by atoms with Crippen LogP contribution in [0.5, 0.6) is 5.75 Å². The number of phenolic OH excluding ortho intramolecular Hbond substituents is 1. The van der Waals surface area contributed by atoms with Crippen LogP contribution < -0.4 is 5.73 Å². The van der Waals surface area contributed by atoms with Crippen molar-refractivity contribution >= 4 is 21.6 Å². The molecule has 1 aromatic rings. The lowest BCUT2D eigenvalue weighted by Crippen LogP contribution is -1.90. The fourth-order valence-corrected chi connectivity index (χ4v) is 1.12. The zero-order valence-corrected chi connectivity index (χ0v) is 7.14. The standard InChI is InChI=1S/C7H8BrNO/c1-4-2-3-5(10)6(8)7(4)9/h2-3,10H,9H2,1H3. The molecule has 1 aromatic carbocycles. The number of nitrogens with two attached hydrogens (primary N) is 1. The van der Waals surface area contributed by atoms with E-state index in [9.17, 15) is 0 Å². The Labute approximate surface area is 67.8 Å². The molecule has 0 saturated heterocycles. The fourth-order valence-electron chi connectivity index (χ4n) is 0.678. The van der Waals surface area contributed by atoms with E-state index >= 15 is 0 Å². The summed E-state index contributed by atoms with van der Waals surface area (Å²) >= 11 is 3.15. The lowest BCUT2D eigenvalue weighted by Gasteiger charge is -2.03. The molecule has 1 rings (SSSR count). The molecule has 0 atom stereocenters. The first-order chi connectivity index (χ1) is 4.63. The number of rotatable bonds is 0. The van der Waals surface area contributed by atoms with Gasteiger partial charge in [0.25, 0.3) is 0 Å². The van der Waals surface area contributed by atoms with Gasteiger partial charge in [0.15, 0.2) is 0 Å². The Kier molecular flexibility index (Phi) is 1.85. The molecule has 3 heteroatoms. The average molecular weight is 202 g/mol. The average Bonchev–Trinajstić information content (AvgIpc) is 1.93. The SMILES string of the molecule is Cc1ccc(O)c(Br)c1N. The smallest absolute Gasteiger partial charge is 0.131 e. The third kappa shape index (κ3) is 1.09. The zero-order chi connectivity index (χ0) is 7.72. The van der Waals surface area contributed by atoms with Gasteiger partial charge in [0.2, 0.25) is 0 Å². The van der Waals surface area contributed by atoms with Gasteiger partial charge in [-0.25, -0.2) is 0 Å². The number of anilines is 1. The van der Waals surface area contributed by atoms with Gasteiger partial charge in [0.1, 0.15) is 5.75 Å². The van der Waals surface area contributed by atoms with Crippen molar-refractivity contribution in [2.75, 3.05) is 5.73 Å². The summed E-state index contributed by atoms with van der Waals surface area (Å²) in [6.07, 6.45) is 0. The van der Waals surface area contributed by atoms with E-state index in [0.717, 1.165) is 5.56 Å². The van der Waals surface area contributed by atoms with Crippen molar-refractivity contribution in [3.63, 3.8) is 0 Å². The molecule has 0 aliphatic carbocycles. The van der Waals surface area contributed by atoms with Gasteiger partial charge in [-0.3, -0.25) is 0 Å². The highest BCUT2D eigenvalue weighted by molar-refractivity contribution is 9.10. The molecule has 3 N–H and O–H groups in total. The second kappa shape index (κ2) is 2.50. The normalized spacial score (nSPS) is 9.80. The summed E-state index contributed by atoms with van der Waals surface area (Å²) in [4.78, 5) is 0. The van der Waals surface area contributed by atoms with Crippen LogP contribution in [0.2, 0.25) is 0 Å². The number of halogens is 1. The van der Waals surface area contributed by atoms with Crippen molar-refractivity contribution < 1.29 is 5.11 Å². The summed E-state index contributed by atoms with van der Waals surface area (Å²) in [7, 11) is 0. The third-order valence-electron chi connectivity index (χ3n) is 1.38. The molecule has 0 amide bonds. The molecule has 0 aliphatic rings. The van der Waals surface area contributed by atoms with Crippen LogP contribution in [0.4, 0.5) is 5.69 Å². The van der Waals surface area contributed by atoms with Gasteiger partial charge in [0, 0.05) is 0 Å². The molecule has 0 fully saturated rings. The van der Waals surface area contributed by atoms with Crippen LogP contribution in [0.25, 0.3) is 0 Å². The van der Waals surface area contributed by atoms with Crippen molar-refractivity contribution in [1.82, 2.24) is 0 Å². The minimum Gasteiger partial charge on any atom is -0.507 e. The number of nitrogen functional groups attached to an aromatic ring is 1. The largest absolute Gasteiger partial charge is 0.507 e. The second-order valence-corrected chi connectivity index (χ2v) is 2.92. The van der Waals surface area contributed by atoms with Crippen molar-refractivity contribution in [3.05, 3.63) is 22.2 Å². The summed E-state index contributed by atoms with van der Waals surface area (Å²) in [5.74, 6) is 0.183. The van der Waals surface area contributed by atoms with Gasteiger partial charge in [-0.1, -0.05) is 6.07 Å². The Balaban J connectivity index is 3.34. The van der Waals surface area contributed by atoms with Crippen LogP contribution in [-0.2, 0) is 0 Å². The third-order valence-corrected chi connectivity index (χ3v) is 2.21. The first kappa shape index (κ1) is 7.41. The summed E-state index contributed by atoms with van der Waals surface area (Å²) in [5.41, 5.74) is 7.14. The van der Waals surface area contributed by atoms with Crippen LogP contribution in [0.1, 0.15) is 5.56 Å². The zero-order valence-electron chi connectivity index (χ0n) is 5.56. The van der Waals surface area contributed by atoms with E-state index in [4.69, 9.17) is 10.8 Å². The van der Waals surface area contributed by atoms with E-state index in [1.807, 2.05) is 6.92 Å². The van der Waals surface area contributed by atoms with Crippen LogP contribution in [0, 0.1) is 6.92 Å². The lowest BCUT2D eigenvalue weighted by atomic mass is 10.2. The maximum absolute atomic E-state index is 9.10. The van der Waals surface area contributed by atoms with E-state index < -0.39 is 0 Å². The number of phenols is 1. The summed E-state index contributed by atoms with van der Waals surface area (Å²) < 4.78 is 0.576. The quantitative estimate of drug-likeness (QED) is 0.632. The first-order valence-corrected chi connectivity index (χ1v) is 3.65. The van der Waals surface area contributed by atoms with Crippen LogP contribution in [-0.4, -0.2) is 5.11 Å². The molecule has 2 nitrogen and oxygen atoms in total. The fraction of sp³-hybridized carbons (Fsp3) is 0.143. The molecule has 0 unspecified atom stereocenters. The van der Waals surface area contributed by atoms with Gasteiger partial charge >= 0.3 is 0 Å². The molecule has 0 aromatic heterocycles. The van der Waals surface area contributed by atoms with Crippen molar-refractivity contribution in [2.24, 2.45) is 0 Å². The summed E-state index contributed by atoms with van der Waals surface area (Å²) in [5, 5.41) is 9.10. The summed E-state index contributed by atoms with van der Waals surface area (Å²) in [6, 6.07) is 3.38. The molecule has 0 aliphatic heterocycles. The Hall–Kier alpha value is -0.700. The first-order valence-electron chi connectivity index (χ1n) is 2.86. The highest BCUT2D eigenvalue weighted by Gasteiger charge is 2.02. The Morgan fingerprint density at radius 1 is 1.50 bits per heavy atom. The van der Waals surface area contributed by atoms with Crippen LogP contribution in [0.15, 0.2) is 16.6 Å². The number of benzene rings is 1. The van der Waals surface area contributed by atoms with Gasteiger partial charge < -0.3 is 10.8 Å². The topological polar surface area (TPSA) is 46.2 Å². The minimum absolute atomic E-state index is 0.183. The van der Waals surface area contributed by atoms with Crippen molar-refractivity contribution in [3.8, 4) is 5.75 Å². The molecule has 54 valence electrons. The number of hydrogen-bond donors (Lipinski definition) is 2. The van der Waals surface area contributed by atoms with Crippen LogP contribution in [0.3, 0.4) is 0 Å². The lowest BCUT2D eigenvalue weighted by molar-refractivity contribution is 0.472. The van der Waals surface area contributed by atoms with Crippen LogP contribution >= 0.6 is 15.9 Å². The van der Waals surface area contributed by atoms with E-state index in [1.54, 1.807) is 12.1 Å². The summed E-state index contributed by atoms with van der Waals surface area (Å²) in [6.45, 7) is 1.89. The number of hydrogen-bond acceptors (Lipinski definition) is 2. The van der Waals surface area contributed by atoms with E-state index in [0.29, 0.717) is 10.2 Å². The Bertz CT molecular complexity index is 233. The molecule has 0 saturated carbocycles. The predicted octanol–water partition coefficient (Wildman–Crippen LogP) is 2.05. The van der Waals surface area contributed by atoms with Gasteiger partial charge in [-0.05, 0) is 34.5 Å². The van der Waals surface area contributed by atoms with Crippen molar-refractivity contribution in [2.45, 2.75) is 6.92 Å². The molecule has 0 bridgehead atoms. The minimum atomic E-state index is 0.183. The Morgan fingerprint density at radius 3 is 2.60 bits per heavy atom. The monoisotopic (exact) mass is 201 g/mol. The Morgan fingerprint density at radius 2 is 2.10 bits per heavy atom. The predicted molar refractivity (Wildman–Crippen MR) is 45.0 cm³/mol. The van der Waals surface area contributed by atoms with Gasteiger partial charge in [-0.2, -0.15) is 0 Å². The number of aryl methyl sites for hydroxylation is 1. The van der Waals surface area contributed by atoms with Gasteiger partial charge in [0.05, 0.1) is 10.2 Å². The van der Waals surface area contributed by atoms with E-state index in [-0.39, 0.29) is 5.75 Å². The number of aromatic hydroxyl groups is 1. The molecule has 0 spiro atoms. The van der Waals surface area contributed by atoms with Crippen molar-refractivity contribution in [1.29, 1.82) is 0 Å². The molecule has 0 heterocycles. The van der Waals surface area contributed by atoms with Gasteiger partial charge in [-0.15, -0.1) is 0 Å². The highest BCUT2D eigenvalue weighted by Crippen LogP contribution is 2.31. The molecule has 0 radical (unpaired) electrons. The maximum Gasteiger partial charge on any atom is 0.131 e. The second-order valence-electron chi connectivity index (χ2n) is 2.13. The van der Waals surface area contributed by atoms with E-state index in [1.165, 1.54) is 0 Å². The maximum atomic E-state index is 9.10. The highest BCUT2D eigenvalue weighted by atomic mass is 79.9. The molecular formula is C7H8BrNO. The van der Waals surface area contributed by atoms with E-state index in [2.05, 4.69) is 15.9 Å².